The molecule has 8 nitrogen and oxygen atoms in total. The highest BCUT2D eigenvalue weighted by molar-refractivity contribution is 6.04. The lowest BCUT2D eigenvalue weighted by Crippen LogP contribution is -2.45. The van der Waals surface area contributed by atoms with Gasteiger partial charge in [0, 0.05) is 6.04 Å². The number of imide groups is 1. The van der Waals surface area contributed by atoms with Gasteiger partial charge in [-0.2, -0.15) is 0 Å². The van der Waals surface area contributed by atoms with Crippen LogP contribution in [-0.2, 0) is 14.4 Å². The normalized spacial score (nSPS) is 16.2. The van der Waals surface area contributed by atoms with E-state index in [1.54, 1.807) is 0 Å². The van der Waals surface area contributed by atoms with Crippen molar-refractivity contribution < 1.29 is 24.3 Å². The minimum Gasteiger partial charge on any atom is -0.481 e. The van der Waals surface area contributed by atoms with Crippen molar-refractivity contribution >= 4 is 23.8 Å². The number of nitrogens with one attached hydrogen (secondary N) is 2. The van der Waals surface area contributed by atoms with Crippen LogP contribution in [0, 0.1) is 0 Å². The summed E-state index contributed by atoms with van der Waals surface area (Å²) in [7, 11) is 0. The average Bonchev–Trinajstić information content (AvgIpc) is 2.60. The first kappa shape index (κ1) is 14.9. The van der Waals surface area contributed by atoms with Crippen LogP contribution in [0.2, 0.25) is 0 Å². The van der Waals surface area contributed by atoms with E-state index in [4.69, 9.17) is 5.11 Å². The number of hydrogen-bond donors (Lipinski definition) is 3. The quantitative estimate of drug-likeness (QED) is 0.529. The Labute approximate surface area is 110 Å². The lowest BCUT2D eigenvalue weighted by atomic mass is 10.1. The Morgan fingerprint density at radius 1 is 1.47 bits per heavy atom. The number of hydrogen-bond acceptors (Lipinski definition) is 4. The van der Waals surface area contributed by atoms with E-state index in [1.807, 2.05) is 6.92 Å². The number of carboxylic acids is 1. The Bertz CT molecular complexity index is 380. The van der Waals surface area contributed by atoms with Gasteiger partial charge in [0.05, 0.1) is 13.0 Å². The highest BCUT2D eigenvalue weighted by Gasteiger charge is 2.30. The van der Waals surface area contributed by atoms with Gasteiger partial charge in [0.15, 0.2) is 0 Å². The number of carbonyl (C=O) groups is 4. The Balaban J connectivity index is 2.50. The van der Waals surface area contributed by atoms with Gasteiger partial charge in [0.25, 0.3) is 5.91 Å². The molecule has 3 N–H and O–H groups in total. The van der Waals surface area contributed by atoms with Gasteiger partial charge in [0.1, 0.15) is 6.54 Å². The molecule has 1 rings (SSSR count). The first-order valence-corrected chi connectivity index (χ1v) is 6.03. The summed E-state index contributed by atoms with van der Waals surface area (Å²) in [6.45, 7) is 1.38. The van der Waals surface area contributed by atoms with Gasteiger partial charge >= 0.3 is 12.0 Å². The Kier molecular flexibility index (Phi) is 5.28. The summed E-state index contributed by atoms with van der Waals surface area (Å²) in [4.78, 5) is 45.6. The van der Waals surface area contributed by atoms with Crippen LogP contribution in [0.3, 0.4) is 0 Å². The second-order valence-corrected chi connectivity index (χ2v) is 4.29. The summed E-state index contributed by atoms with van der Waals surface area (Å²) in [6, 6.07) is -1.10. The van der Waals surface area contributed by atoms with E-state index in [0.717, 1.165) is 11.3 Å². The minimum atomic E-state index is -1.01. The molecule has 8 heteroatoms. The Morgan fingerprint density at radius 3 is 2.63 bits per heavy atom. The molecule has 1 aliphatic heterocycles. The molecule has 0 aliphatic carbocycles. The maximum absolute atomic E-state index is 11.7. The van der Waals surface area contributed by atoms with Crippen molar-refractivity contribution in [1.82, 2.24) is 15.5 Å². The van der Waals surface area contributed by atoms with Gasteiger partial charge in [-0.3, -0.25) is 19.3 Å². The van der Waals surface area contributed by atoms with E-state index >= 15 is 0 Å². The van der Waals surface area contributed by atoms with Gasteiger partial charge in [-0.05, 0) is 6.42 Å². The third kappa shape index (κ3) is 4.57. The molecule has 0 aromatic carbocycles. The number of carbonyl (C=O) groups excluding carboxylic acids is 3. The van der Waals surface area contributed by atoms with Gasteiger partial charge < -0.3 is 15.7 Å². The standard InChI is InChI=1S/C11H17N3O5/c1-2-3-7(4-10(17)18)13-8(15)6-14-9(16)5-12-11(14)19/h7H,2-6H2,1H3,(H,12,19)(H,13,15)(H,17,18). The molecule has 1 saturated heterocycles. The van der Waals surface area contributed by atoms with E-state index in [-0.39, 0.29) is 19.5 Å². The van der Waals surface area contributed by atoms with Gasteiger partial charge in [-0.15, -0.1) is 0 Å². The topological polar surface area (TPSA) is 116 Å². The first-order valence-electron chi connectivity index (χ1n) is 6.03. The van der Waals surface area contributed by atoms with E-state index in [9.17, 15) is 19.2 Å². The number of urea groups is 1. The number of aliphatic carboxylic acids is 1. The zero-order valence-corrected chi connectivity index (χ0v) is 10.6. The largest absolute Gasteiger partial charge is 0.481 e. The van der Waals surface area contributed by atoms with Crippen molar-refractivity contribution in [3.05, 3.63) is 0 Å². The first-order chi connectivity index (χ1) is 8.93. The number of amides is 4. The molecule has 1 aliphatic rings. The molecule has 0 aromatic rings. The molecule has 0 saturated carbocycles. The molecule has 1 fully saturated rings. The summed E-state index contributed by atoms with van der Waals surface area (Å²) in [5.41, 5.74) is 0. The highest BCUT2D eigenvalue weighted by Crippen LogP contribution is 2.03. The third-order valence-electron chi connectivity index (χ3n) is 2.66. The van der Waals surface area contributed by atoms with Crippen molar-refractivity contribution in [2.75, 3.05) is 13.1 Å². The Hall–Kier alpha value is -2.12. The van der Waals surface area contributed by atoms with Crippen molar-refractivity contribution in [2.45, 2.75) is 32.2 Å². The van der Waals surface area contributed by atoms with Gasteiger partial charge in [-0.1, -0.05) is 13.3 Å². The van der Waals surface area contributed by atoms with Crippen molar-refractivity contribution in [3.63, 3.8) is 0 Å². The maximum atomic E-state index is 11.7. The summed E-state index contributed by atoms with van der Waals surface area (Å²) < 4.78 is 0. The zero-order valence-electron chi connectivity index (χ0n) is 10.6. The molecule has 1 unspecified atom stereocenters. The molecule has 0 spiro atoms. The summed E-state index contributed by atoms with van der Waals surface area (Å²) in [6.07, 6.45) is 1.07. The zero-order chi connectivity index (χ0) is 14.4. The van der Waals surface area contributed by atoms with E-state index < -0.39 is 29.9 Å². The van der Waals surface area contributed by atoms with Crippen molar-refractivity contribution in [1.29, 1.82) is 0 Å². The van der Waals surface area contributed by atoms with Crippen LogP contribution >= 0.6 is 0 Å². The number of rotatable bonds is 7. The van der Waals surface area contributed by atoms with Crippen molar-refractivity contribution in [2.24, 2.45) is 0 Å². The fourth-order valence-electron chi connectivity index (χ4n) is 1.82. The number of carboxylic acid groups (broad SMARTS) is 1. The van der Waals surface area contributed by atoms with Crippen LogP contribution in [0.15, 0.2) is 0 Å². The summed E-state index contributed by atoms with van der Waals surface area (Å²) in [5.74, 6) is -2.01. The van der Waals surface area contributed by atoms with Crippen LogP contribution in [0.25, 0.3) is 0 Å². The monoisotopic (exact) mass is 271 g/mol. The summed E-state index contributed by atoms with van der Waals surface area (Å²) in [5, 5.41) is 13.5. The second kappa shape index (κ2) is 6.72. The summed E-state index contributed by atoms with van der Waals surface area (Å²) >= 11 is 0. The van der Waals surface area contributed by atoms with Crippen molar-refractivity contribution in [3.8, 4) is 0 Å². The second-order valence-electron chi connectivity index (χ2n) is 4.29. The lowest BCUT2D eigenvalue weighted by Gasteiger charge is -2.18. The third-order valence-corrected chi connectivity index (χ3v) is 2.66. The molecular weight excluding hydrogens is 254 g/mol. The van der Waals surface area contributed by atoms with Gasteiger partial charge in [-0.25, -0.2) is 4.79 Å². The SMILES string of the molecule is CCCC(CC(=O)O)NC(=O)CN1C(=O)CNC1=O. The highest BCUT2D eigenvalue weighted by atomic mass is 16.4. The molecule has 1 heterocycles. The van der Waals surface area contributed by atoms with Crippen LogP contribution in [0.4, 0.5) is 4.79 Å². The van der Waals surface area contributed by atoms with Gasteiger partial charge in [0.2, 0.25) is 5.91 Å². The maximum Gasteiger partial charge on any atom is 0.325 e. The average molecular weight is 271 g/mol. The van der Waals surface area contributed by atoms with Crippen LogP contribution < -0.4 is 10.6 Å². The van der Waals surface area contributed by atoms with E-state index in [1.165, 1.54) is 0 Å². The molecule has 4 amide bonds. The number of nitrogens with zero attached hydrogens (tertiary/aromatic N) is 1. The van der Waals surface area contributed by atoms with Crippen LogP contribution in [0.1, 0.15) is 26.2 Å². The molecule has 1 atom stereocenters. The fraction of sp³-hybridized carbons (Fsp3) is 0.636. The molecule has 19 heavy (non-hydrogen) atoms. The molecule has 0 aromatic heterocycles. The molecule has 0 bridgehead atoms. The predicted octanol–water partition coefficient (Wildman–Crippen LogP) is -0.702. The van der Waals surface area contributed by atoms with E-state index in [2.05, 4.69) is 10.6 Å². The van der Waals surface area contributed by atoms with Crippen LogP contribution in [-0.4, -0.2) is 53.0 Å². The van der Waals surface area contributed by atoms with E-state index in [0.29, 0.717) is 6.42 Å². The fourth-order valence-corrected chi connectivity index (χ4v) is 1.82. The predicted molar refractivity (Wildman–Crippen MR) is 64.2 cm³/mol. The molecule has 106 valence electrons. The van der Waals surface area contributed by atoms with Crippen LogP contribution in [0.5, 0.6) is 0 Å². The molecular formula is C11H17N3O5. The lowest BCUT2D eigenvalue weighted by molar-refractivity contribution is -0.138. The smallest absolute Gasteiger partial charge is 0.325 e. The minimum absolute atomic E-state index is 0.111. The Morgan fingerprint density at radius 2 is 2.16 bits per heavy atom. The molecule has 0 radical (unpaired) electrons.